The molecule has 1 radical (unpaired) electrons. The average molecular weight is 320 g/mol. The van der Waals surface area contributed by atoms with Gasteiger partial charge in [0, 0.05) is 0 Å². The van der Waals surface area contributed by atoms with Gasteiger partial charge in [0.25, 0.3) is 10.1 Å². The molecule has 0 rings (SSSR count). The average Bonchev–Trinajstić information content (AvgIpc) is 2.42. The van der Waals surface area contributed by atoms with E-state index >= 15 is 0 Å². The van der Waals surface area contributed by atoms with Crippen LogP contribution in [0.25, 0.3) is 0 Å². The zero-order chi connectivity index (χ0) is 15.8. The summed E-state index contributed by atoms with van der Waals surface area (Å²) in [7, 11) is -3.87. The Hall–Kier alpha value is -0.0900. The van der Waals surface area contributed by atoms with Gasteiger partial charge in [0.05, 0.1) is 0 Å². The quantitative estimate of drug-likeness (QED) is 0.284. The molecule has 0 saturated carbocycles. The molecule has 0 aromatic rings. The summed E-state index contributed by atoms with van der Waals surface area (Å²) in [6, 6.07) is 0. The fourth-order valence-corrected chi connectivity index (χ4v) is 3.04. The van der Waals surface area contributed by atoms with Crippen molar-refractivity contribution in [1.82, 2.24) is 0 Å². The summed E-state index contributed by atoms with van der Waals surface area (Å²) in [6.07, 6.45) is 18.6. The molecule has 0 unspecified atom stereocenters. The zero-order valence-corrected chi connectivity index (χ0v) is 14.7. The van der Waals surface area contributed by atoms with E-state index in [9.17, 15) is 8.42 Å². The van der Waals surface area contributed by atoms with E-state index in [4.69, 9.17) is 4.55 Å². The minimum Gasteiger partial charge on any atom is -0.285 e. The molecule has 0 bridgehead atoms. The molecule has 0 aromatic heterocycles. The number of hydrogen-bond donors (Lipinski definition) is 1. The first-order valence-corrected chi connectivity index (χ1v) is 10.4. The van der Waals surface area contributed by atoms with Gasteiger partial charge in [-0.15, -0.1) is 0 Å². The van der Waals surface area contributed by atoms with Crippen LogP contribution in [0.15, 0.2) is 0 Å². The number of rotatable bonds is 16. The first kappa shape index (κ1) is 20.9. The largest absolute Gasteiger partial charge is 0.285 e. The Balaban J connectivity index is 3.03. The van der Waals surface area contributed by atoms with Gasteiger partial charge in [-0.3, -0.25) is 4.55 Å². The molecular formula is C17H35O3S. The second-order valence-corrected chi connectivity index (χ2v) is 7.43. The highest BCUT2D eigenvalue weighted by atomic mass is 32.2. The Morgan fingerprint density at radius 2 is 1.00 bits per heavy atom. The van der Waals surface area contributed by atoms with E-state index in [0.717, 1.165) is 18.6 Å². The van der Waals surface area contributed by atoms with Gasteiger partial charge in [0.2, 0.25) is 0 Å². The molecule has 0 spiro atoms. The molecule has 0 atom stereocenters. The van der Waals surface area contributed by atoms with Crippen LogP contribution in [0.4, 0.5) is 0 Å². The van der Waals surface area contributed by atoms with Gasteiger partial charge in [0.15, 0.2) is 0 Å². The van der Waals surface area contributed by atoms with E-state index in [1.807, 2.05) is 0 Å². The summed E-state index contributed by atoms with van der Waals surface area (Å²) < 4.78 is 29.5. The Labute approximate surface area is 132 Å². The predicted molar refractivity (Wildman–Crippen MR) is 90.8 cm³/mol. The number of hydrogen-bond acceptors (Lipinski definition) is 2. The standard InChI is InChI=1S/C17H35O3S/c1-2-3-4-5-6-7-8-9-10-11-12-13-14-15-16-17-21(18,19)20/h17H,2-16H2,1H3,(H,18,19,20). The van der Waals surface area contributed by atoms with E-state index in [1.165, 1.54) is 77.0 Å². The smallest absolute Gasteiger partial charge is 0.269 e. The van der Waals surface area contributed by atoms with Crippen LogP contribution in [0.5, 0.6) is 0 Å². The molecule has 4 heteroatoms. The van der Waals surface area contributed by atoms with Crippen molar-refractivity contribution >= 4 is 10.1 Å². The van der Waals surface area contributed by atoms with Crippen LogP contribution in [0.2, 0.25) is 0 Å². The predicted octanol–water partition coefficient (Wildman–Crippen LogP) is 5.91. The Morgan fingerprint density at radius 3 is 1.33 bits per heavy atom. The van der Waals surface area contributed by atoms with E-state index in [0.29, 0.717) is 6.42 Å². The van der Waals surface area contributed by atoms with Gasteiger partial charge < -0.3 is 0 Å². The van der Waals surface area contributed by atoms with Crippen LogP contribution >= 0.6 is 0 Å². The van der Waals surface area contributed by atoms with Crippen LogP contribution in [-0.4, -0.2) is 13.0 Å². The molecule has 21 heavy (non-hydrogen) atoms. The highest BCUT2D eigenvalue weighted by Gasteiger charge is 2.03. The van der Waals surface area contributed by atoms with Crippen LogP contribution in [-0.2, 0) is 10.1 Å². The van der Waals surface area contributed by atoms with Crippen molar-refractivity contribution in [3.05, 3.63) is 5.75 Å². The van der Waals surface area contributed by atoms with Crippen molar-refractivity contribution in [3.63, 3.8) is 0 Å². The zero-order valence-electron chi connectivity index (χ0n) is 13.9. The molecular weight excluding hydrogens is 284 g/mol. The fraction of sp³-hybridized carbons (Fsp3) is 0.941. The molecule has 0 aliphatic heterocycles. The van der Waals surface area contributed by atoms with Crippen molar-refractivity contribution < 1.29 is 13.0 Å². The molecule has 3 nitrogen and oxygen atoms in total. The van der Waals surface area contributed by atoms with Crippen molar-refractivity contribution in [2.24, 2.45) is 0 Å². The summed E-state index contributed by atoms with van der Waals surface area (Å²) in [5.41, 5.74) is 0. The van der Waals surface area contributed by atoms with Crippen molar-refractivity contribution in [2.75, 3.05) is 0 Å². The summed E-state index contributed by atoms with van der Waals surface area (Å²) in [4.78, 5) is 0. The lowest BCUT2D eigenvalue weighted by atomic mass is 10.0. The Kier molecular flexibility index (Phi) is 14.8. The highest BCUT2D eigenvalue weighted by molar-refractivity contribution is 7.87. The van der Waals surface area contributed by atoms with Gasteiger partial charge in [-0.05, 0) is 6.42 Å². The van der Waals surface area contributed by atoms with E-state index < -0.39 is 10.1 Å². The molecule has 0 aromatic carbocycles. The van der Waals surface area contributed by atoms with Crippen molar-refractivity contribution in [3.8, 4) is 0 Å². The second kappa shape index (κ2) is 14.8. The first-order chi connectivity index (χ1) is 10.1. The Bertz CT molecular complexity index is 299. The molecule has 0 heterocycles. The summed E-state index contributed by atoms with van der Waals surface area (Å²) in [6.45, 7) is 2.26. The van der Waals surface area contributed by atoms with Crippen molar-refractivity contribution in [1.29, 1.82) is 0 Å². The lowest BCUT2D eigenvalue weighted by Gasteiger charge is -2.03. The first-order valence-electron chi connectivity index (χ1n) is 8.87. The van der Waals surface area contributed by atoms with Crippen molar-refractivity contribution in [2.45, 2.75) is 103 Å². The minimum absolute atomic E-state index is 0.469. The maximum atomic E-state index is 10.5. The molecule has 0 amide bonds. The van der Waals surface area contributed by atoms with Gasteiger partial charge in [0.1, 0.15) is 5.75 Å². The molecule has 0 fully saturated rings. The van der Waals surface area contributed by atoms with E-state index in [2.05, 4.69) is 6.92 Å². The minimum atomic E-state index is -3.87. The van der Waals surface area contributed by atoms with Gasteiger partial charge >= 0.3 is 0 Å². The maximum Gasteiger partial charge on any atom is 0.269 e. The summed E-state index contributed by atoms with van der Waals surface area (Å²) in [5, 5.41) is 0. The highest BCUT2D eigenvalue weighted by Crippen LogP contribution is 2.13. The maximum absolute atomic E-state index is 10.5. The van der Waals surface area contributed by atoms with Gasteiger partial charge in [-0.1, -0.05) is 96.8 Å². The molecule has 0 aliphatic carbocycles. The van der Waals surface area contributed by atoms with Crippen LogP contribution < -0.4 is 0 Å². The van der Waals surface area contributed by atoms with Gasteiger partial charge in [-0.25, -0.2) is 0 Å². The summed E-state index contributed by atoms with van der Waals surface area (Å²) >= 11 is 0. The van der Waals surface area contributed by atoms with E-state index in [-0.39, 0.29) is 0 Å². The van der Waals surface area contributed by atoms with Crippen LogP contribution in [0.3, 0.4) is 0 Å². The van der Waals surface area contributed by atoms with E-state index in [1.54, 1.807) is 0 Å². The third kappa shape index (κ3) is 19.9. The monoisotopic (exact) mass is 319 g/mol. The fourth-order valence-electron chi connectivity index (χ4n) is 2.57. The molecule has 1 N–H and O–H groups in total. The molecule has 127 valence electrons. The summed E-state index contributed by atoms with van der Waals surface area (Å²) in [5.74, 6) is 1.01. The Morgan fingerprint density at radius 1 is 0.667 bits per heavy atom. The second-order valence-electron chi connectivity index (χ2n) is 6.07. The third-order valence-electron chi connectivity index (χ3n) is 3.89. The van der Waals surface area contributed by atoms with Gasteiger partial charge in [-0.2, -0.15) is 8.42 Å². The van der Waals surface area contributed by atoms with Crippen LogP contribution in [0, 0.1) is 5.75 Å². The topological polar surface area (TPSA) is 54.4 Å². The normalized spacial score (nSPS) is 11.9. The lowest BCUT2D eigenvalue weighted by molar-refractivity contribution is 0.486. The molecule has 0 saturated heterocycles. The molecule has 0 aliphatic rings. The van der Waals surface area contributed by atoms with Crippen LogP contribution in [0.1, 0.15) is 103 Å². The lowest BCUT2D eigenvalue weighted by Crippen LogP contribution is -1.96. The SMILES string of the molecule is CCCCCCCCCCCCCCCC[CH]S(=O)(=O)O. The number of unbranched alkanes of at least 4 members (excludes halogenated alkanes) is 14. The third-order valence-corrected chi connectivity index (χ3v) is 4.54.